The molecule has 0 spiro atoms. The van der Waals surface area contributed by atoms with Crippen molar-refractivity contribution in [2.45, 2.75) is 76.0 Å². The molecule has 17 rings (SSSR count). The quantitative estimate of drug-likeness (QED) is 0.152. The van der Waals surface area contributed by atoms with Gasteiger partial charge in [0.2, 0.25) is 5.95 Å². The number of hydrogen-bond acceptors (Lipinski definition) is 5. The van der Waals surface area contributed by atoms with Gasteiger partial charge in [-0.3, -0.25) is 4.57 Å². The van der Waals surface area contributed by atoms with Crippen LogP contribution in [0.15, 0.2) is 221 Å². The van der Waals surface area contributed by atoms with Crippen molar-refractivity contribution in [3.63, 3.8) is 0 Å². The summed E-state index contributed by atoms with van der Waals surface area (Å²) in [6.45, 7) is 0. The van der Waals surface area contributed by atoms with E-state index in [1.54, 1.807) is 0 Å². The summed E-state index contributed by atoms with van der Waals surface area (Å²) in [7, 11) is 0. The second kappa shape index (κ2) is 19.0. The van der Waals surface area contributed by atoms with Crippen LogP contribution >= 0.6 is 0 Å². The number of nitrogens with zero attached hydrogens (tertiary/aromatic N) is 5. The van der Waals surface area contributed by atoms with Crippen LogP contribution in [0.1, 0.15) is 87.2 Å². The Labute approximate surface area is 474 Å². The molecule has 0 saturated heterocycles. The Kier molecular flexibility index (Phi) is 11.0. The Balaban J connectivity index is 0.985. The first-order chi connectivity index (χ1) is 40.6. The highest BCUT2D eigenvalue weighted by molar-refractivity contribution is 6.29. The van der Waals surface area contributed by atoms with Crippen LogP contribution in [-0.4, -0.2) is 24.1 Å². The summed E-state index contributed by atoms with van der Waals surface area (Å²) in [5.74, 6) is 2.59. The van der Waals surface area contributed by atoms with Crippen LogP contribution in [-0.2, 0) is 0 Å². The molecule has 0 atom stereocenters. The van der Waals surface area contributed by atoms with Gasteiger partial charge in [0.25, 0.3) is 0 Å². The predicted molar refractivity (Wildman–Crippen MR) is 336 cm³/mol. The number of hydrogen-bond donors (Lipinski definition) is 0. The van der Waals surface area contributed by atoms with E-state index >= 15 is 0 Å². The second-order valence-corrected chi connectivity index (χ2v) is 23.1. The van der Waals surface area contributed by atoms with Crippen molar-refractivity contribution < 1.29 is 8.83 Å². The molecule has 0 unspecified atom stereocenters. The average molecular weight is 1060 g/mol. The fourth-order valence-electron chi connectivity index (χ4n) is 14.4. The maximum atomic E-state index is 6.75. The number of rotatable bonds is 8. The molecule has 2 saturated carbocycles. The van der Waals surface area contributed by atoms with E-state index in [4.69, 9.17) is 23.8 Å². The lowest BCUT2D eigenvalue weighted by Crippen LogP contribution is -2.07. The number of para-hydroxylation sites is 4. The third kappa shape index (κ3) is 7.59. The molecular formula is C75H57N5O2. The molecule has 2 aliphatic rings. The molecule has 394 valence electrons. The Morgan fingerprint density at radius 3 is 1.28 bits per heavy atom. The summed E-state index contributed by atoms with van der Waals surface area (Å²) >= 11 is 0. The van der Waals surface area contributed by atoms with E-state index in [0.717, 1.165) is 71.7 Å². The van der Waals surface area contributed by atoms with Gasteiger partial charge < -0.3 is 13.4 Å². The van der Waals surface area contributed by atoms with Crippen LogP contribution in [0.4, 0.5) is 0 Å². The smallest absolute Gasteiger partial charge is 0.238 e. The van der Waals surface area contributed by atoms with Gasteiger partial charge in [-0.15, -0.1) is 0 Å². The molecule has 2 fully saturated rings. The molecule has 0 bridgehead atoms. The third-order valence-corrected chi connectivity index (χ3v) is 18.4. The van der Waals surface area contributed by atoms with Gasteiger partial charge in [-0.1, -0.05) is 172 Å². The predicted octanol–water partition coefficient (Wildman–Crippen LogP) is 20.6. The zero-order valence-electron chi connectivity index (χ0n) is 45.5. The Morgan fingerprint density at radius 2 is 0.768 bits per heavy atom. The molecule has 2 aliphatic carbocycles. The maximum Gasteiger partial charge on any atom is 0.238 e. The molecular weight excluding hydrogens is 1000 g/mol. The van der Waals surface area contributed by atoms with Gasteiger partial charge >= 0.3 is 0 Å². The van der Waals surface area contributed by atoms with Gasteiger partial charge in [0.1, 0.15) is 22.3 Å². The first-order valence-corrected chi connectivity index (χ1v) is 29.5. The normalized spacial score (nSPS) is 14.7. The highest BCUT2D eigenvalue weighted by Gasteiger charge is 2.28. The monoisotopic (exact) mass is 1060 g/mol. The van der Waals surface area contributed by atoms with E-state index in [-0.39, 0.29) is 0 Å². The van der Waals surface area contributed by atoms with E-state index in [1.165, 1.54) is 130 Å². The van der Waals surface area contributed by atoms with E-state index in [1.807, 2.05) is 24.3 Å². The Morgan fingerprint density at radius 1 is 0.329 bits per heavy atom. The lowest BCUT2D eigenvalue weighted by Gasteiger charge is -2.22. The fourth-order valence-corrected chi connectivity index (χ4v) is 14.4. The molecule has 0 N–H and O–H groups in total. The molecule has 7 heteroatoms. The standard InChI is InChI=1S/C75H57N5O2/c1-5-19-46(20-6-1)50-35-37-63-61(44-50)69-65(79(63)54-42-52(48-23-9-3-10-24-48)41-53(43-54)49-25-11-4-12-26-49)39-40-66-70(69)62-45-51(47-21-7-2-8-22-47)36-38-64(62)80(66)75-77-73(59-31-17-29-57-55-27-13-15-33-67(55)81-71(57)59)76-74(78-75)60-32-18-30-58-56-28-14-16-34-68(56)82-72(58)60/h3-4,9-18,23-47H,1-2,5-8,19-22H2. The second-order valence-electron chi connectivity index (χ2n) is 23.1. The highest BCUT2D eigenvalue weighted by Crippen LogP contribution is 2.47. The largest absolute Gasteiger partial charge is 0.455 e. The zero-order chi connectivity index (χ0) is 53.8. The summed E-state index contributed by atoms with van der Waals surface area (Å²) < 4.78 is 18.4. The average Bonchev–Trinajstić information content (AvgIpc) is 2.66. The van der Waals surface area contributed by atoms with Crippen LogP contribution in [0, 0.1) is 0 Å². The first kappa shape index (κ1) is 47.2. The summed E-state index contributed by atoms with van der Waals surface area (Å²) in [4.78, 5) is 16.7. The molecule has 15 aromatic rings. The van der Waals surface area contributed by atoms with E-state index in [9.17, 15) is 0 Å². The van der Waals surface area contributed by atoms with Gasteiger partial charge in [0.15, 0.2) is 11.6 Å². The van der Waals surface area contributed by atoms with Gasteiger partial charge in [-0.05, 0) is 150 Å². The fraction of sp³-hybridized carbons (Fsp3) is 0.160. The zero-order valence-corrected chi connectivity index (χ0v) is 45.5. The lowest BCUT2D eigenvalue weighted by atomic mass is 9.83. The summed E-state index contributed by atoms with van der Waals surface area (Å²) in [6, 6.07) is 77.3. The van der Waals surface area contributed by atoms with Crippen LogP contribution in [0.2, 0.25) is 0 Å². The van der Waals surface area contributed by atoms with Gasteiger partial charge in [0.05, 0.1) is 33.2 Å². The molecule has 5 aromatic heterocycles. The Bertz CT molecular complexity index is 4820. The minimum Gasteiger partial charge on any atom is -0.455 e. The number of aromatic nitrogens is 5. The number of fused-ring (bicyclic) bond motifs is 13. The van der Waals surface area contributed by atoms with Crippen molar-refractivity contribution in [3.05, 3.63) is 223 Å². The van der Waals surface area contributed by atoms with Gasteiger partial charge in [-0.2, -0.15) is 9.97 Å². The SMILES string of the molecule is c1ccc(-c2cc(-c3ccccc3)cc(-n3c4ccc(C5CCCCC5)cc4c4c5c6cc(C7CCCCC7)ccc6n(-c6nc(-c7cccc8c7oc7ccccc78)nc(-c7cccc8c7oc7ccccc78)n6)c5ccc43)c2)cc1. The first-order valence-electron chi connectivity index (χ1n) is 29.5. The van der Waals surface area contributed by atoms with Crippen LogP contribution in [0.5, 0.6) is 0 Å². The van der Waals surface area contributed by atoms with E-state index in [0.29, 0.717) is 29.4 Å². The van der Waals surface area contributed by atoms with Crippen molar-refractivity contribution >= 4 is 87.5 Å². The molecule has 0 aliphatic heterocycles. The molecule has 7 nitrogen and oxygen atoms in total. The van der Waals surface area contributed by atoms with E-state index < -0.39 is 0 Å². The summed E-state index contributed by atoms with van der Waals surface area (Å²) in [5, 5.41) is 9.05. The van der Waals surface area contributed by atoms with Gasteiger partial charge in [0, 0.05) is 48.8 Å². The number of benzene rings is 10. The highest BCUT2D eigenvalue weighted by atomic mass is 16.3. The molecule has 82 heavy (non-hydrogen) atoms. The molecule has 5 heterocycles. The topological polar surface area (TPSA) is 74.8 Å². The lowest BCUT2D eigenvalue weighted by molar-refractivity contribution is 0.444. The third-order valence-electron chi connectivity index (χ3n) is 18.4. The Hall–Kier alpha value is -9.59. The van der Waals surface area contributed by atoms with Gasteiger partial charge in [-0.25, -0.2) is 4.98 Å². The molecule has 0 amide bonds. The maximum absolute atomic E-state index is 6.75. The van der Waals surface area contributed by atoms with Crippen molar-refractivity contribution in [1.82, 2.24) is 24.1 Å². The number of furan rings is 2. The molecule has 10 aromatic carbocycles. The van der Waals surface area contributed by atoms with Crippen molar-refractivity contribution in [2.24, 2.45) is 0 Å². The minimum atomic E-state index is 0.496. The van der Waals surface area contributed by atoms with Crippen molar-refractivity contribution in [2.75, 3.05) is 0 Å². The molecule has 0 radical (unpaired) electrons. The van der Waals surface area contributed by atoms with Crippen molar-refractivity contribution in [1.29, 1.82) is 0 Å². The van der Waals surface area contributed by atoms with E-state index in [2.05, 4.69) is 197 Å². The van der Waals surface area contributed by atoms with Crippen LogP contribution in [0.3, 0.4) is 0 Å². The van der Waals surface area contributed by atoms with Crippen LogP contribution in [0.25, 0.3) is 144 Å². The summed E-state index contributed by atoms with van der Waals surface area (Å²) in [5.41, 5.74) is 17.9. The summed E-state index contributed by atoms with van der Waals surface area (Å²) in [6.07, 6.45) is 12.5. The van der Waals surface area contributed by atoms with Crippen molar-refractivity contribution in [3.8, 4) is 56.7 Å². The van der Waals surface area contributed by atoms with Crippen LogP contribution < -0.4 is 0 Å². The minimum absolute atomic E-state index is 0.496.